The van der Waals surface area contributed by atoms with Crippen molar-refractivity contribution < 1.29 is 14.4 Å². The quantitative estimate of drug-likeness (QED) is 0.766. The van der Waals surface area contributed by atoms with Crippen LogP contribution < -0.4 is 10.6 Å². The Morgan fingerprint density at radius 1 is 1.07 bits per heavy atom. The van der Waals surface area contributed by atoms with Crippen molar-refractivity contribution in [2.24, 2.45) is 5.92 Å². The van der Waals surface area contributed by atoms with E-state index in [0.29, 0.717) is 37.9 Å². The minimum absolute atomic E-state index is 0.00107. The third-order valence-electron chi connectivity index (χ3n) is 6.12. The van der Waals surface area contributed by atoms with Gasteiger partial charge < -0.3 is 15.5 Å². The topological polar surface area (TPSA) is 78.5 Å². The van der Waals surface area contributed by atoms with Crippen molar-refractivity contribution in [3.8, 4) is 0 Å². The molecule has 6 heteroatoms. The van der Waals surface area contributed by atoms with Crippen LogP contribution in [0.15, 0.2) is 18.2 Å². The van der Waals surface area contributed by atoms with Crippen LogP contribution in [0, 0.1) is 12.8 Å². The number of carbonyl (C=O) groups excluding carboxylic acids is 3. The lowest BCUT2D eigenvalue weighted by Crippen LogP contribution is -2.41. The van der Waals surface area contributed by atoms with E-state index in [2.05, 4.69) is 10.6 Å². The lowest BCUT2D eigenvalue weighted by Gasteiger charge is -2.31. The van der Waals surface area contributed by atoms with E-state index in [9.17, 15) is 14.4 Å². The fourth-order valence-corrected chi connectivity index (χ4v) is 4.28. The minimum atomic E-state index is -0.0783. The second-order valence-corrected chi connectivity index (χ2v) is 8.38. The highest BCUT2D eigenvalue weighted by molar-refractivity contribution is 5.97. The Balaban J connectivity index is 1.53. The lowest BCUT2D eigenvalue weighted by atomic mass is 9.95. The van der Waals surface area contributed by atoms with Gasteiger partial charge in [-0.15, -0.1) is 0 Å². The summed E-state index contributed by atoms with van der Waals surface area (Å²) in [5.41, 5.74) is 2.26. The monoisotopic (exact) mass is 399 g/mol. The fraction of sp³-hybridized carbons (Fsp3) is 0.609. The number of aryl methyl sites for hydroxylation is 1. The first-order chi connectivity index (χ1) is 14.0. The number of nitrogens with one attached hydrogen (secondary N) is 2. The smallest absolute Gasteiger partial charge is 0.251 e. The number of piperidine rings is 1. The average molecular weight is 400 g/mol. The van der Waals surface area contributed by atoms with Crippen LogP contribution in [0.5, 0.6) is 0 Å². The van der Waals surface area contributed by atoms with Crippen LogP contribution >= 0.6 is 0 Å². The molecule has 0 unspecified atom stereocenters. The standard InChI is InChI=1S/C23H33N3O3/c1-3-6-21(27)26-13-11-17(12-14-26)22(28)25-20-10-9-18(15-16(20)2)23(29)24-19-7-4-5-8-19/h9-10,15,17,19H,3-8,11-14H2,1-2H3,(H,24,29)(H,25,28). The van der Waals surface area contributed by atoms with E-state index in [-0.39, 0.29) is 29.7 Å². The molecule has 0 spiro atoms. The molecule has 1 aromatic rings. The van der Waals surface area contributed by atoms with E-state index >= 15 is 0 Å². The molecule has 2 N–H and O–H groups in total. The maximum Gasteiger partial charge on any atom is 0.251 e. The molecule has 2 aliphatic rings. The summed E-state index contributed by atoms with van der Waals surface area (Å²) < 4.78 is 0. The molecule has 3 rings (SSSR count). The summed E-state index contributed by atoms with van der Waals surface area (Å²) >= 11 is 0. The van der Waals surface area contributed by atoms with E-state index in [4.69, 9.17) is 0 Å². The van der Waals surface area contributed by atoms with Gasteiger partial charge in [0.15, 0.2) is 0 Å². The number of amides is 3. The predicted octanol–water partition coefficient (Wildman–Crippen LogP) is 3.64. The Kier molecular flexibility index (Phi) is 7.29. The molecule has 1 heterocycles. The van der Waals surface area contributed by atoms with Gasteiger partial charge in [0.05, 0.1) is 0 Å². The van der Waals surface area contributed by atoms with E-state index < -0.39 is 0 Å². The number of benzene rings is 1. The molecule has 6 nitrogen and oxygen atoms in total. The van der Waals surface area contributed by atoms with Crippen molar-refractivity contribution in [2.45, 2.75) is 71.3 Å². The summed E-state index contributed by atoms with van der Waals surface area (Å²) in [5.74, 6) is 0.0694. The third kappa shape index (κ3) is 5.58. The Hall–Kier alpha value is -2.37. The predicted molar refractivity (Wildman–Crippen MR) is 114 cm³/mol. The largest absolute Gasteiger partial charge is 0.349 e. The average Bonchev–Trinajstić information content (AvgIpc) is 3.22. The van der Waals surface area contributed by atoms with Crippen LogP contribution in [0.2, 0.25) is 0 Å². The van der Waals surface area contributed by atoms with Crippen LogP contribution in [-0.2, 0) is 9.59 Å². The molecule has 1 aliphatic heterocycles. The van der Waals surface area contributed by atoms with Crippen molar-refractivity contribution in [3.05, 3.63) is 29.3 Å². The number of hydrogen-bond donors (Lipinski definition) is 2. The minimum Gasteiger partial charge on any atom is -0.349 e. The second kappa shape index (κ2) is 9.90. The zero-order valence-corrected chi connectivity index (χ0v) is 17.6. The Morgan fingerprint density at radius 3 is 2.38 bits per heavy atom. The summed E-state index contributed by atoms with van der Waals surface area (Å²) in [6, 6.07) is 5.72. The molecule has 158 valence electrons. The van der Waals surface area contributed by atoms with Gasteiger partial charge in [0.25, 0.3) is 5.91 Å². The third-order valence-corrected chi connectivity index (χ3v) is 6.12. The molecule has 0 radical (unpaired) electrons. The van der Waals surface area contributed by atoms with Gasteiger partial charge in [-0.2, -0.15) is 0 Å². The molecule has 1 aromatic carbocycles. The summed E-state index contributed by atoms with van der Waals surface area (Å²) in [7, 11) is 0. The van der Waals surface area contributed by atoms with E-state index in [1.54, 1.807) is 6.07 Å². The SMILES string of the molecule is CCCC(=O)N1CCC(C(=O)Nc2ccc(C(=O)NC3CCCC3)cc2C)CC1. The molecule has 3 amide bonds. The first-order valence-corrected chi connectivity index (χ1v) is 11.0. The highest BCUT2D eigenvalue weighted by Crippen LogP contribution is 2.23. The van der Waals surface area contributed by atoms with Gasteiger partial charge >= 0.3 is 0 Å². The summed E-state index contributed by atoms with van der Waals surface area (Å²) in [5, 5.41) is 6.11. The van der Waals surface area contributed by atoms with Gasteiger partial charge in [0.1, 0.15) is 0 Å². The van der Waals surface area contributed by atoms with E-state index in [0.717, 1.165) is 30.5 Å². The van der Waals surface area contributed by atoms with E-state index in [1.807, 2.05) is 30.9 Å². The van der Waals surface area contributed by atoms with Crippen molar-refractivity contribution in [3.63, 3.8) is 0 Å². The highest BCUT2D eigenvalue weighted by Gasteiger charge is 2.27. The molecule has 2 fully saturated rings. The Labute approximate surface area is 173 Å². The molecule has 0 atom stereocenters. The van der Waals surface area contributed by atoms with Crippen LogP contribution in [0.1, 0.15) is 74.2 Å². The summed E-state index contributed by atoms with van der Waals surface area (Å²) in [4.78, 5) is 39.0. The molecule has 29 heavy (non-hydrogen) atoms. The van der Waals surface area contributed by atoms with Crippen LogP contribution in [0.25, 0.3) is 0 Å². The zero-order valence-electron chi connectivity index (χ0n) is 17.6. The Bertz CT molecular complexity index is 748. The molecule has 1 aliphatic carbocycles. The van der Waals surface area contributed by atoms with Crippen LogP contribution in [-0.4, -0.2) is 41.8 Å². The normalized spacial score (nSPS) is 17.9. The molecule has 0 bridgehead atoms. The van der Waals surface area contributed by atoms with Gasteiger partial charge in [-0.05, 0) is 62.8 Å². The molecular weight excluding hydrogens is 366 g/mol. The fourth-order valence-electron chi connectivity index (χ4n) is 4.28. The molecule has 0 aromatic heterocycles. The maximum absolute atomic E-state index is 12.7. The number of hydrogen-bond acceptors (Lipinski definition) is 3. The summed E-state index contributed by atoms with van der Waals surface area (Å²) in [6.45, 7) is 5.21. The number of nitrogens with zero attached hydrogens (tertiary/aromatic N) is 1. The van der Waals surface area contributed by atoms with Crippen molar-refractivity contribution in [2.75, 3.05) is 18.4 Å². The van der Waals surface area contributed by atoms with Crippen molar-refractivity contribution in [1.82, 2.24) is 10.2 Å². The van der Waals surface area contributed by atoms with Gasteiger partial charge in [-0.3, -0.25) is 14.4 Å². The number of likely N-dealkylation sites (tertiary alicyclic amines) is 1. The molecular formula is C23H33N3O3. The van der Waals surface area contributed by atoms with Gasteiger partial charge in [0, 0.05) is 42.7 Å². The zero-order chi connectivity index (χ0) is 20.8. The first-order valence-electron chi connectivity index (χ1n) is 11.0. The van der Waals surface area contributed by atoms with Crippen molar-refractivity contribution >= 4 is 23.4 Å². The van der Waals surface area contributed by atoms with Gasteiger partial charge in [-0.1, -0.05) is 19.8 Å². The van der Waals surface area contributed by atoms with Crippen molar-refractivity contribution in [1.29, 1.82) is 0 Å². The lowest BCUT2D eigenvalue weighted by molar-refractivity contribution is -0.134. The van der Waals surface area contributed by atoms with Crippen LogP contribution in [0.4, 0.5) is 5.69 Å². The Morgan fingerprint density at radius 2 is 1.76 bits per heavy atom. The maximum atomic E-state index is 12.7. The number of carbonyl (C=O) groups is 3. The highest BCUT2D eigenvalue weighted by atomic mass is 16.2. The number of anilines is 1. The van der Waals surface area contributed by atoms with Gasteiger partial charge in [-0.25, -0.2) is 0 Å². The van der Waals surface area contributed by atoms with E-state index in [1.165, 1.54) is 12.8 Å². The first kappa shape index (κ1) is 21.3. The number of rotatable bonds is 6. The second-order valence-electron chi connectivity index (χ2n) is 8.38. The molecule has 1 saturated carbocycles. The van der Waals surface area contributed by atoms with Crippen LogP contribution in [0.3, 0.4) is 0 Å². The summed E-state index contributed by atoms with van der Waals surface area (Å²) in [6.07, 6.45) is 7.30. The van der Waals surface area contributed by atoms with Gasteiger partial charge in [0.2, 0.25) is 11.8 Å². The molecule has 1 saturated heterocycles.